The minimum atomic E-state index is -1.05. The van der Waals surface area contributed by atoms with Crippen molar-refractivity contribution in [2.75, 3.05) is 13.2 Å². The van der Waals surface area contributed by atoms with Crippen molar-refractivity contribution in [1.82, 2.24) is 5.32 Å². The highest BCUT2D eigenvalue weighted by atomic mass is 16.4. The summed E-state index contributed by atoms with van der Waals surface area (Å²) in [6.45, 7) is 2.20. The van der Waals surface area contributed by atoms with E-state index in [4.69, 9.17) is 10.2 Å². The molecule has 1 rings (SSSR count). The van der Waals surface area contributed by atoms with Gasteiger partial charge in [0, 0.05) is 12.2 Å². The molecule has 1 aromatic rings. The number of aliphatic hydroxyl groups is 1. The number of aliphatic hydroxyl groups excluding tert-OH is 1. The molecule has 94 valence electrons. The van der Waals surface area contributed by atoms with E-state index in [2.05, 4.69) is 5.32 Å². The molecule has 1 aromatic carbocycles. The Morgan fingerprint density at radius 3 is 2.76 bits per heavy atom. The van der Waals surface area contributed by atoms with Crippen LogP contribution in [0, 0.1) is 6.92 Å². The van der Waals surface area contributed by atoms with E-state index in [1.807, 2.05) is 6.92 Å². The predicted molar refractivity (Wildman–Crippen MR) is 62.9 cm³/mol. The fraction of sp³-hybridized carbons (Fsp3) is 0.417. The molecule has 5 nitrogen and oxygen atoms in total. The van der Waals surface area contributed by atoms with Gasteiger partial charge in [0.25, 0.3) is 0 Å². The van der Waals surface area contributed by atoms with Gasteiger partial charge < -0.3 is 20.6 Å². The molecule has 0 fully saturated rings. The summed E-state index contributed by atoms with van der Waals surface area (Å²) in [5, 5.41) is 30.2. The molecule has 0 bridgehead atoms. The Bertz CT molecular complexity index is 392. The summed E-state index contributed by atoms with van der Waals surface area (Å²) in [7, 11) is 0. The number of phenols is 1. The zero-order valence-corrected chi connectivity index (χ0v) is 9.68. The summed E-state index contributed by atoms with van der Waals surface area (Å²) >= 11 is 0. The second-order valence-electron chi connectivity index (χ2n) is 3.86. The number of phenolic OH excluding ortho intramolecular Hbond substituents is 1. The van der Waals surface area contributed by atoms with Crippen LogP contribution in [0.3, 0.4) is 0 Å². The van der Waals surface area contributed by atoms with Gasteiger partial charge in [0.05, 0.1) is 0 Å². The van der Waals surface area contributed by atoms with Gasteiger partial charge in [0.1, 0.15) is 11.8 Å². The molecule has 0 aliphatic rings. The van der Waals surface area contributed by atoms with Gasteiger partial charge in [-0.05, 0) is 26.0 Å². The Hall–Kier alpha value is -1.59. The van der Waals surface area contributed by atoms with Crippen molar-refractivity contribution in [1.29, 1.82) is 0 Å². The molecule has 0 aliphatic carbocycles. The Balaban J connectivity index is 2.89. The maximum atomic E-state index is 11.1. The maximum absolute atomic E-state index is 11.1. The highest BCUT2D eigenvalue weighted by Crippen LogP contribution is 2.25. The van der Waals surface area contributed by atoms with Crippen LogP contribution in [0.5, 0.6) is 5.75 Å². The zero-order chi connectivity index (χ0) is 12.8. The van der Waals surface area contributed by atoms with Gasteiger partial charge in [-0.1, -0.05) is 17.7 Å². The molecule has 0 radical (unpaired) electrons. The van der Waals surface area contributed by atoms with Gasteiger partial charge >= 0.3 is 5.97 Å². The van der Waals surface area contributed by atoms with Crippen LogP contribution in [0.15, 0.2) is 18.2 Å². The number of carbonyl (C=O) groups is 1. The van der Waals surface area contributed by atoms with Gasteiger partial charge in [-0.25, -0.2) is 0 Å². The fourth-order valence-electron chi connectivity index (χ4n) is 1.56. The predicted octanol–water partition coefficient (Wildman–Crippen LogP) is 0.798. The van der Waals surface area contributed by atoms with Gasteiger partial charge in [-0.2, -0.15) is 0 Å². The van der Waals surface area contributed by atoms with E-state index in [0.717, 1.165) is 5.56 Å². The quantitative estimate of drug-likeness (QED) is 0.551. The Kier molecular flexibility index (Phi) is 4.93. The molecule has 4 N–H and O–H groups in total. The first-order chi connectivity index (χ1) is 8.06. The second-order valence-corrected chi connectivity index (χ2v) is 3.86. The highest BCUT2D eigenvalue weighted by Gasteiger charge is 2.22. The smallest absolute Gasteiger partial charge is 0.325 e. The van der Waals surface area contributed by atoms with E-state index in [1.165, 1.54) is 6.07 Å². The lowest BCUT2D eigenvalue weighted by Gasteiger charge is -2.16. The Morgan fingerprint density at radius 1 is 1.47 bits per heavy atom. The van der Waals surface area contributed by atoms with Crippen LogP contribution in [-0.4, -0.2) is 34.4 Å². The molecule has 0 heterocycles. The Morgan fingerprint density at radius 2 is 2.18 bits per heavy atom. The Labute approximate surface area is 99.7 Å². The number of hydrogen-bond donors (Lipinski definition) is 4. The first-order valence-corrected chi connectivity index (χ1v) is 5.43. The van der Waals surface area contributed by atoms with Crippen molar-refractivity contribution in [2.45, 2.75) is 19.4 Å². The number of rotatable bonds is 6. The van der Waals surface area contributed by atoms with E-state index < -0.39 is 12.0 Å². The number of nitrogens with one attached hydrogen (secondary N) is 1. The minimum Gasteiger partial charge on any atom is -0.508 e. The number of carboxylic acid groups (broad SMARTS) is 1. The van der Waals surface area contributed by atoms with Crippen molar-refractivity contribution in [3.05, 3.63) is 29.3 Å². The topological polar surface area (TPSA) is 89.8 Å². The molecule has 0 aromatic heterocycles. The van der Waals surface area contributed by atoms with Crippen LogP contribution in [0.2, 0.25) is 0 Å². The lowest BCUT2D eigenvalue weighted by Crippen LogP contribution is -2.29. The van der Waals surface area contributed by atoms with Crippen molar-refractivity contribution >= 4 is 5.97 Å². The summed E-state index contributed by atoms with van der Waals surface area (Å²) in [6.07, 6.45) is 0.469. The van der Waals surface area contributed by atoms with Crippen LogP contribution < -0.4 is 5.32 Å². The number of hydrogen-bond acceptors (Lipinski definition) is 4. The van der Waals surface area contributed by atoms with Crippen LogP contribution in [0.4, 0.5) is 0 Å². The molecule has 0 amide bonds. The van der Waals surface area contributed by atoms with Crippen molar-refractivity contribution in [2.24, 2.45) is 0 Å². The van der Waals surface area contributed by atoms with Crippen LogP contribution in [0.25, 0.3) is 0 Å². The molecule has 0 aliphatic heterocycles. The van der Waals surface area contributed by atoms with E-state index in [0.29, 0.717) is 18.5 Å². The van der Waals surface area contributed by atoms with Crippen LogP contribution >= 0.6 is 0 Å². The standard InChI is InChI=1S/C12H17NO4/c1-8-3-4-10(15)9(7-8)11(12(16)17)13-5-2-6-14/h3-4,7,11,13-15H,2,5-6H2,1H3,(H,16,17). The average molecular weight is 239 g/mol. The molecular formula is C12H17NO4. The lowest BCUT2D eigenvalue weighted by molar-refractivity contribution is -0.139. The zero-order valence-electron chi connectivity index (χ0n) is 9.68. The number of aliphatic carboxylic acids is 1. The fourth-order valence-corrected chi connectivity index (χ4v) is 1.56. The SMILES string of the molecule is Cc1ccc(O)c(C(NCCCO)C(=O)O)c1. The van der Waals surface area contributed by atoms with E-state index >= 15 is 0 Å². The summed E-state index contributed by atoms with van der Waals surface area (Å²) in [6, 6.07) is 3.88. The van der Waals surface area contributed by atoms with E-state index in [9.17, 15) is 9.90 Å². The number of benzene rings is 1. The van der Waals surface area contributed by atoms with Crippen molar-refractivity contribution < 1.29 is 20.1 Å². The summed E-state index contributed by atoms with van der Waals surface area (Å²) in [5.74, 6) is -1.09. The monoisotopic (exact) mass is 239 g/mol. The van der Waals surface area contributed by atoms with E-state index in [1.54, 1.807) is 12.1 Å². The third-order valence-corrected chi connectivity index (χ3v) is 2.42. The maximum Gasteiger partial charge on any atom is 0.325 e. The number of aryl methyl sites for hydroxylation is 1. The van der Waals surface area contributed by atoms with Gasteiger partial charge in [0.2, 0.25) is 0 Å². The molecule has 1 unspecified atom stereocenters. The van der Waals surface area contributed by atoms with Crippen LogP contribution in [-0.2, 0) is 4.79 Å². The third-order valence-electron chi connectivity index (χ3n) is 2.42. The van der Waals surface area contributed by atoms with Crippen molar-refractivity contribution in [3.63, 3.8) is 0 Å². The summed E-state index contributed by atoms with van der Waals surface area (Å²) < 4.78 is 0. The van der Waals surface area contributed by atoms with Crippen molar-refractivity contribution in [3.8, 4) is 5.75 Å². The summed E-state index contributed by atoms with van der Waals surface area (Å²) in [4.78, 5) is 11.1. The molecule has 0 saturated heterocycles. The molecule has 17 heavy (non-hydrogen) atoms. The normalized spacial score (nSPS) is 12.4. The molecular weight excluding hydrogens is 222 g/mol. The highest BCUT2D eigenvalue weighted by molar-refractivity contribution is 5.76. The third kappa shape index (κ3) is 3.72. The molecule has 0 saturated carbocycles. The van der Waals surface area contributed by atoms with Gasteiger partial charge in [-0.15, -0.1) is 0 Å². The minimum absolute atomic E-state index is 0.000855. The number of aromatic hydroxyl groups is 1. The number of carboxylic acids is 1. The largest absolute Gasteiger partial charge is 0.508 e. The second kappa shape index (κ2) is 6.22. The van der Waals surface area contributed by atoms with E-state index in [-0.39, 0.29) is 12.4 Å². The lowest BCUT2D eigenvalue weighted by atomic mass is 10.0. The first-order valence-electron chi connectivity index (χ1n) is 5.43. The first kappa shape index (κ1) is 13.5. The van der Waals surface area contributed by atoms with Crippen LogP contribution in [0.1, 0.15) is 23.6 Å². The molecule has 1 atom stereocenters. The van der Waals surface area contributed by atoms with Gasteiger partial charge in [0.15, 0.2) is 0 Å². The molecule has 0 spiro atoms. The molecule has 5 heteroatoms. The average Bonchev–Trinajstić information content (AvgIpc) is 2.28. The summed E-state index contributed by atoms with van der Waals surface area (Å²) in [5.41, 5.74) is 1.23. The van der Waals surface area contributed by atoms with Gasteiger partial charge in [-0.3, -0.25) is 4.79 Å².